The molecule has 0 aromatic heterocycles. The van der Waals surface area contributed by atoms with Crippen molar-refractivity contribution in [3.8, 4) is 0 Å². The fourth-order valence-corrected chi connectivity index (χ4v) is 2.01. The van der Waals surface area contributed by atoms with Gasteiger partial charge in [-0.15, -0.1) is 0 Å². The third-order valence-electron chi connectivity index (χ3n) is 2.74. The predicted molar refractivity (Wildman–Crippen MR) is 49.1 cm³/mol. The van der Waals surface area contributed by atoms with E-state index in [0.29, 0.717) is 5.92 Å². The van der Waals surface area contributed by atoms with Gasteiger partial charge in [0.25, 0.3) is 0 Å². The summed E-state index contributed by atoms with van der Waals surface area (Å²) >= 11 is 0. The Balaban J connectivity index is 0.00000121. The van der Waals surface area contributed by atoms with Gasteiger partial charge in [-0.05, 0) is 25.7 Å². The van der Waals surface area contributed by atoms with Gasteiger partial charge in [0.15, 0.2) is 0 Å². The first kappa shape index (κ1) is 12.3. The Morgan fingerprint density at radius 3 is 2.50 bits per heavy atom. The molecule has 1 rings (SSSR count). The van der Waals surface area contributed by atoms with E-state index < -0.39 is 11.4 Å². The minimum absolute atomic E-state index is 0. The smallest absolute Gasteiger partial charge is 0.309 e. The van der Waals surface area contributed by atoms with Crippen LogP contribution in [0.3, 0.4) is 0 Å². The summed E-state index contributed by atoms with van der Waals surface area (Å²) in [7, 11) is 0. The van der Waals surface area contributed by atoms with Crippen molar-refractivity contribution in [2.45, 2.75) is 39.5 Å². The molecule has 3 radical (unpaired) electrons. The average Bonchev–Trinajstić information content (AvgIpc) is 1.86. The zero-order valence-electron chi connectivity index (χ0n) is 7.84. The summed E-state index contributed by atoms with van der Waals surface area (Å²) in [5.74, 6) is -0.0334. The van der Waals surface area contributed by atoms with Crippen molar-refractivity contribution in [1.29, 1.82) is 0 Å². The SMILES string of the molecule is CC1CCCC(C)(C(=O)O)C1.[In]. The van der Waals surface area contributed by atoms with Gasteiger partial charge in [0.1, 0.15) is 0 Å². The van der Waals surface area contributed by atoms with Crippen LogP contribution in [0.2, 0.25) is 0 Å². The Bertz CT molecular complexity index is 170. The monoisotopic (exact) mass is 271 g/mol. The van der Waals surface area contributed by atoms with Gasteiger partial charge in [-0.3, -0.25) is 4.79 Å². The van der Waals surface area contributed by atoms with E-state index in [1.165, 1.54) is 6.42 Å². The van der Waals surface area contributed by atoms with Crippen molar-refractivity contribution >= 4 is 31.8 Å². The quantitative estimate of drug-likeness (QED) is 0.791. The minimum atomic E-state index is -0.621. The zero-order valence-corrected chi connectivity index (χ0v) is 11.1. The van der Waals surface area contributed by atoms with Crippen LogP contribution in [-0.4, -0.2) is 36.9 Å². The van der Waals surface area contributed by atoms with Crippen LogP contribution in [0.15, 0.2) is 0 Å². The van der Waals surface area contributed by atoms with E-state index in [1.807, 2.05) is 6.92 Å². The van der Waals surface area contributed by atoms with Crippen LogP contribution < -0.4 is 0 Å². The Hall–Kier alpha value is 0.340. The van der Waals surface area contributed by atoms with Crippen LogP contribution in [0.25, 0.3) is 0 Å². The fraction of sp³-hybridized carbons (Fsp3) is 0.889. The molecule has 2 unspecified atom stereocenters. The number of carboxylic acids is 1. The first-order valence-electron chi connectivity index (χ1n) is 4.28. The average molecular weight is 271 g/mol. The molecule has 0 heterocycles. The van der Waals surface area contributed by atoms with Crippen molar-refractivity contribution in [2.75, 3.05) is 0 Å². The molecule has 3 heteroatoms. The van der Waals surface area contributed by atoms with E-state index in [9.17, 15) is 4.79 Å². The van der Waals surface area contributed by atoms with Gasteiger partial charge in [-0.2, -0.15) is 0 Å². The summed E-state index contributed by atoms with van der Waals surface area (Å²) in [6.07, 6.45) is 3.97. The number of rotatable bonds is 1. The van der Waals surface area contributed by atoms with E-state index >= 15 is 0 Å². The Morgan fingerprint density at radius 1 is 1.58 bits per heavy atom. The van der Waals surface area contributed by atoms with Crippen molar-refractivity contribution in [1.82, 2.24) is 0 Å². The molecule has 0 aromatic carbocycles. The Morgan fingerprint density at radius 2 is 2.17 bits per heavy atom. The summed E-state index contributed by atoms with van der Waals surface area (Å²) < 4.78 is 0. The van der Waals surface area contributed by atoms with Gasteiger partial charge >= 0.3 is 5.97 Å². The second-order valence-electron chi connectivity index (χ2n) is 4.07. The standard InChI is InChI=1S/C9H16O2.In/c1-7-4-3-5-9(2,6-7)8(10)11;/h7H,3-6H2,1-2H3,(H,10,11);. The second-order valence-corrected chi connectivity index (χ2v) is 4.07. The van der Waals surface area contributed by atoms with Gasteiger partial charge in [-0.25, -0.2) is 0 Å². The molecule has 12 heavy (non-hydrogen) atoms. The number of hydrogen-bond acceptors (Lipinski definition) is 1. The van der Waals surface area contributed by atoms with Gasteiger partial charge in [0.2, 0.25) is 0 Å². The number of carboxylic acid groups (broad SMARTS) is 1. The van der Waals surface area contributed by atoms with Crippen molar-refractivity contribution < 1.29 is 9.90 Å². The molecule has 0 spiro atoms. The first-order valence-corrected chi connectivity index (χ1v) is 4.28. The zero-order chi connectivity index (χ0) is 8.48. The normalized spacial score (nSPS) is 35.3. The van der Waals surface area contributed by atoms with Gasteiger partial charge < -0.3 is 5.11 Å². The van der Waals surface area contributed by atoms with Gasteiger partial charge in [0.05, 0.1) is 5.41 Å². The summed E-state index contributed by atoms with van der Waals surface area (Å²) in [6, 6.07) is 0. The topological polar surface area (TPSA) is 37.3 Å². The molecule has 1 N–H and O–H groups in total. The number of carbonyl (C=O) groups is 1. The third kappa shape index (κ3) is 2.68. The van der Waals surface area contributed by atoms with E-state index in [2.05, 4.69) is 6.92 Å². The second kappa shape index (κ2) is 4.54. The van der Waals surface area contributed by atoms with Crippen molar-refractivity contribution in [2.24, 2.45) is 11.3 Å². The Labute approximate surface area is 92.5 Å². The minimum Gasteiger partial charge on any atom is -0.481 e. The van der Waals surface area contributed by atoms with E-state index in [0.717, 1.165) is 19.3 Å². The Kier molecular flexibility index (Phi) is 4.67. The maximum atomic E-state index is 10.8. The maximum absolute atomic E-state index is 10.8. The number of aliphatic carboxylic acids is 1. The largest absolute Gasteiger partial charge is 0.481 e. The predicted octanol–water partition coefficient (Wildman–Crippen LogP) is 1.91. The summed E-state index contributed by atoms with van der Waals surface area (Å²) in [4.78, 5) is 10.8. The van der Waals surface area contributed by atoms with E-state index in [-0.39, 0.29) is 25.8 Å². The van der Waals surface area contributed by atoms with Crippen LogP contribution in [0.5, 0.6) is 0 Å². The van der Waals surface area contributed by atoms with Crippen molar-refractivity contribution in [3.05, 3.63) is 0 Å². The molecule has 0 saturated heterocycles. The summed E-state index contributed by atoms with van der Waals surface area (Å²) in [5, 5.41) is 8.92. The first-order chi connectivity index (χ1) is 5.04. The molecule has 2 atom stereocenters. The summed E-state index contributed by atoms with van der Waals surface area (Å²) in [6.45, 7) is 4.01. The van der Waals surface area contributed by atoms with Crippen LogP contribution in [0, 0.1) is 11.3 Å². The maximum Gasteiger partial charge on any atom is 0.309 e. The van der Waals surface area contributed by atoms with Crippen LogP contribution in [-0.2, 0) is 4.79 Å². The molecule has 1 saturated carbocycles. The molecular weight excluding hydrogens is 255 g/mol. The molecular formula is C9H16InO2. The molecule has 2 nitrogen and oxygen atoms in total. The van der Waals surface area contributed by atoms with Crippen LogP contribution in [0.1, 0.15) is 39.5 Å². The van der Waals surface area contributed by atoms with Crippen LogP contribution >= 0.6 is 0 Å². The molecule has 0 amide bonds. The summed E-state index contributed by atoms with van der Waals surface area (Å²) in [5.41, 5.74) is -0.433. The van der Waals surface area contributed by atoms with E-state index in [4.69, 9.17) is 5.11 Å². The third-order valence-corrected chi connectivity index (χ3v) is 2.74. The number of hydrogen-bond donors (Lipinski definition) is 1. The molecule has 1 fully saturated rings. The molecule has 67 valence electrons. The van der Waals surface area contributed by atoms with Crippen molar-refractivity contribution in [3.63, 3.8) is 0 Å². The molecule has 0 aromatic rings. The molecule has 0 aliphatic heterocycles. The van der Waals surface area contributed by atoms with Gasteiger partial charge in [0, 0.05) is 25.8 Å². The fourth-order valence-electron chi connectivity index (χ4n) is 2.01. The molecule has 0 bridgehead atoms. The van der Waals surface area contributed by atoms with E-state index in [1.54, 1.807) is 0 Å². The molecule has 1 aliphatic carbocycles. The van der Waals surface area contributed by atoms with Crippen LogP contribution in [0.4, 0.5) is 0 Å². The molecule has 1 aliphatic rings. The van der Waals surface area contributed by atoms with Gasteiger partial charge in [-0.1, -0.05) is 19.8 Å².